The van der Waals surface area contributed by atoms with Gasteiger partial charge in [-0.25, -0.2) is 0 Å². The van der Waals surface area contributed by atoms with Crippen LogP contribution in [-0.4, -0.2) is 49.4 Å². The van der Waals surface area contributed by atoms with Gasteiger partial charge in [-0.05, 0) is 19.9 Å². The Morgan fingerprint density at radius 2 is 1.86 bits per heavy atom. The number of thioether (sulfide) groups is 1. The fourth-order valence-electron chi connectivity index (χ4n) is 3.17. The second-order valence-corrected chi connectivity index (χ2v) is 7.93. The van der Waals surface area contributed by atoms with Crippen LogP contribution in [0.4, 0.5) is 0 Å². The lowest BCUT2D eigenvalue weighted by Crippen LogP contribution is -2.26. The highest BCUT2D eigenvalue weighted by Gasteiger charge is 2.24. The number of ketones is 1. The van der Waals surface area contributed by atoms with E-state index in [2.05, 4.69) is 6.92 Å². The van der Waals surface area contributed by atoms with E-state index in [0.29, 0.717) is 30.3 Å². The average Bonchev–Trinajstić information content (AvgIpc) is 3.01. The van der Waals surface area contributed by atoms with Crippen LogP contribution in [0, 0.1) is 0 Å². The fourth-order valence-corrected chi connectivity index (χ4v) is 4.14. The summed E-state index contributed by atoms with van der Waals surface area (Å²) < 4.78 is 16.5. The molecule has 1 aliphatic rings. The highest BCUT2D eigenvalue weighted by Crippen LogP contribution is 2.38. The maximum Gasteiger partial charge on any atom is 0.308 e. The molecular weight excluding hydrogens is 390 g/mol. The van der Waals surface area contributed by atoms with E-state index in [0.717, 1.165) is 22.3 Å². The maximum atomic E-state index is 13.3. The van der Waals surface area contributed by atoms with Gasteiger partial charge in [-0.15, -0.1) is 11.8 Å². The lowest BCUT2D eigenvalue weighted by molar-refractivity contribution is -0.131. The molecule has 0 spiro atoms. The molecule has 1 heterocycles. The van der Waals surface area contributed by atoms with E-state index in [1.807, 2.05) is 36.1 Å². The highest BCUT2D eigenvalue weighted by atomic mass is 32.2. The third kappa shape index (κ3) is 4.74. The SMILES string of the molecule is COCCOc1c(C(=O)CN2CSC(C)=C2C)cc(OC(C)=O)c2ccccc12. The summed E-state index contributed by atoms with van der Waals surface area (Å²) in [4.78, 5) is 28.1. The van der Waals surface area contributed by atoms with Crippen molar-refractivity contribution < 1.29 is 23.8 Å². The third-order valence-electron chi connectivity index (χ3n) is 4.80. The van der Waals surface area contributed by atoms with Gasteiger partial charge in [0.15, 0.2) is 5.78 Å². The number of rotatable bonds is 8. The number of Topliss-reactive ketones (excluding diaryl/α,β-unsaturated/α-hetero) is 1. The van der Waals surface area contributed by atoms with Crippen LogP contribution < -0.4 is 9.47 Å². The summed E-state index contributed by atoms with van der Waals surface area (Å²) in [5.41, 5.74) is 1.50. The molecule has 0 saturated carbocycles. The molecule has 154 valence electrons. The van der Waals surface area contributed by atoms with Crippen LogP contribution in [0.25, 0.3) is 10.8 Å². The number of hydrogen-bond donors (Lipinski definition) is 0. The van der Waals surface area contributed by atoms with E-state index in [4.69, 9.17) is 14.2 Å². The number of fused-ring (bicyclic) bond motifs is 1. The molecule has 0 aliphatic carbocycles. The molecule has 0 amide bonds. The van der Waals surface area contributed by atoms with Gasteiger partial charge in [0, 0.05) is 35.4 Å². The van der Waals surface area contributed by atoms with Crippen molar-refractivity contribution in [2.75, 3.05) is 32.7 Å². The molecule has 0 unspecified atom stereocenters. The van der Waals surface area contributed by atoms with Gasteiger partial charge in [0.1, 0.15) is 18.1 Å². The van der Waals surface area contributed by atoms with Crippen molar-refractivity contribution >= 4 is 34.3 Å². The average molecular weight is 416 g/mol. The van der Waals surface area contributed by atoms with E-state index in [9.17, 15) is 9.59 Å². The zero-order chi connectivity index (χ0) is 21.0. The monoisotopic (exact) mass is 415 g/mol. The van der Waals surface area contributed by atoms with Gasteiger partial charge >= 0.3 is 5.97 Å². The first kappa shape index (κ1) is 21.2. The van der Waals surface area contributed by atoms with Crippen LogP contribution in [0.3, 0.4) is 0 Å². The van der Waals surface area contributed by atoms with Crippen LogP contribution in [0.1, 0.15) is 31.1 Å². The Kier molecular flexibility index (Phi) is 6.82. The molecule has 0 N–H and O–H groups in total. The van der Waals surface area contributed by atoms with Crippen molar-refractivity contribution in [2.24, 2.45) is 0 Å². The summed E-state index contributed by atoms with van der Waals surface area (Å²) in [6.45, 7) is 6.36. The molecule has 0 aromatic heterocycles. The molecule has 0 bridgehead atoms. The van der Waals surface area contributed by atoms with Crippen molar-refractivity contribution in [3.8, 4) is 11.5 Å². The van der Waals surface area contributed by atoms with Crippen LogP contribution in [-0.2, 0) is 9.53 Å². The van der Waals surface area contributed by atoms with Crippen LogP contribution in [0.15, 0.2) is 40.9 Å². The van der Waals surface area contributed by atoms with Gasteiger partial charge in [0.25, 0.3) is 0 Å². The summed E-state index contributed by atoms with van der Waals surface area (Å²) in [7, 11) is 1.60. The number of methoxy groups -OCH3 is 1. The second-order valence-electron chi connectivity index (χ2n) is 6.77. The number of nitrogens with zero attached hydrogens (tertiary/aromatic N) is 1. The van der Waals surface area contributed by atoms with Gasteiger partial charge in [0.05, 0.1) is 24.6 Å². The Hall–Kier alpha value is -2.51. The molecule has 6 nitrogen and oxygen atoms in total. The minimum Gasteiger partial charge on any atom is -0.490 e. The predicted molar refractivity (Wildman–Crippen MR) is 114 cm³/mol. The van der Waals surface area contributed by atoms with E-state index in [1.54, 1.807) is 24.9 Å². The number of carbonyl (C=O) groups excluding carboxylic acids is 2. The lowest BCUT2D eigenvalue weighted by atomic mass is 10.0. The summed E-state index contributed by atoms with van der Waals surface area (Å²) in [6.07, 6.45) is 0. The molecule has 0 fully saturated rings. The molecule has 0 radical (unpaired) electrons. The Labute approximate surface area is 174 Å². The van der Waals surface area contributed by atoms with E-state index in [1.165, 1.54) is 11.8 Å². The minimum atomic E-state index is -0.438. The highest BCUT2D eigenvalue weighted by molar-refractivity contribution is 8.03. The van der Waals surface area contributed by atoms with E-state index < -0.39 is 5.97 Å². The molecule has 2 aromatic carbocycles. The molecule has 3 rings (SSSR count). The normalized spacial score (nSPS) is 13.9. The Morgan fingerprint density at radius 1 is 1.14 bits per heavy atom. The predicted octanol–water partition coefficient (Wildman–Crippen LogP) is 4.23. The van der Waals surface area contributed by atoms with Gasteiger partial charge in [0.2, 0.25) is 0 Å². The topological polar surface area (TPSA) is 65.1 Å². The number of hydrogen-bond acceptors (Lipinski definition) is 7. The molecular formula is C22H25NO5S. The van der Waals surface area contributed by atoms with Crippen LogP contribution in [0.5, 0.6) is 11.5 Å². The lowest BCUT2D eigenvalue weighted by Gasteiger charge is -2.21. The Bertz CT molecular complexity index is 969. The first-order valence-corrected chi connectivity index (χ1v) is 10.3. The summed E-state index contributed by atoms with van der Waals surface area (Å²) >= 11 is 1.72. The van der Waals surface area contributed by atoms with E-state index in [-0.39, 0.29) is 12.3 Å². The smallest absolute Gasteiger partial charge is 0.308 e. The number of benzene rings is 2. The number of esters is 1. The molecule has 2 aromatic rings. The van der Waals surface area contributed by atoms with Crippen molar-refractivity contribution in [2.45, 2.75) is 20.8 Å². The Balaban J connectivity index is 2.05. The van der Waals surface area contributed by atoms with Crippen molar-refractivity contribution in [1.82, 2.24) is 4.90 Å². The minimum absolute atomic E-state index is 0.0915. The van der Waals surface area contributed by atoms with Crippen molar-refractivity contribution in [3.05, 3.63) is 46.5 Å². The second kappa shape index (κ2) is 9.33. The summed E-state index contributed by atoms with van der Waals surface area (Å²) in [6, 6.07) is 9.04. The van der Waals surface area contributed by atoms with Gasteiger partial charge in [-0.1, -0.05) is 24.3 Å². The summed E-state index contributed by atoms with van der Waals surface area (Å²) in [5, 5.41) is 1.44. The standard InChI is InChI=1S/C22H25NO5S/c1-14-15(2)29-13-23(14)12-20(25)19-11-21(28-16(3)24)17-7-5-6-8-18(17)22(19)27-10-9-26-4/h5-8,11H,9-10,12-13H2,1-4H3. The van der Waals surface area contributed by atoms with Gasteiger partial charge < -0.3 is 19.1 Å². The number of carbonyl (C=O) groups is 2. The molecule has 0 saturated heterocycles. The van der Waals surface area contributed by atoms with Crippen molar-refractivity contribution in [1.29, 1.82) is 0 Å². The zero-order valence-electron chi connectivity index (χ0n) is 17.1. The first-order valence-electron chi connectivity index (χ1n) is 9.36. The quantitative estimate of drug-likeness (QED) is 0.277. The largest absolute Gasteiger partial charge is 0.490 e. The fraction of sp³-hybridized carbons (Fsp3) is 0.364. The molecule has 0 atom stereocenters. The third-order valence-corrected chi connectivity index (χ3v) is 5.97. The number of ether oxygens (including phenoxy) is 3. The molecule has 7 heteroatoms. The zero-order valence-corrected chi connectivity index (χ0v) is 17.9. The van der Waals surface area contributed by atoms with Gasteiger partial charge in [-0.2, -0.15) is 0 Å². The van der Waals surface area contributed by atoms with E-state index >= 15 is 0 Å². The van der Waals surface area contributed by atoms with Crippen LogP contribution in [0.2, 0.25) is 0 Å². The summed E-state index contributed by atoms with van der Waals surface area (Å²) in [5.74, 6) is 1.06. The first-order chi connectivity index (χ1) is 13.9. The van der Waals surface area contributed by atoms with Gasteiger partial charge in [-0.3, -0.25) is 9.59 Å². The number of allylic oxidation sites excluding steroid dienone is 2. The Morgan fingerprint density at radius 3 is 2.48 bits per heavy atom. The molecule has 1 aliphatic heterocycles. The van der Waals surface area contributed by atoms with Crippen LogP contribution >= 0.6 is 11.8 Å². The maximum absolute atomic E-state index is 13.3. The van der Waals surface area contributed by atoms with Crippen molar-refractivity contribution in [3.63, 3.8) is 0 Å². The molecule has 29 heavy (non-hydrogen) atoms.